The zero-order valence-corrected chi connectivity index (χ0v) is 11.2. The van der Waals surface area contributed by atoms with Gasteiger partial charge in [-0.3, -0.25) is 4.79 Å². The van der Waals surface area contributed by atoms with Crippen LogP contribution < -0.4 is 11.1 Å². The van der Waals surface area contributed by atoms with E-state index in [1.54, 1.807) is 0 Å². The molecule has 1 aliphatic rings. The van der Waals surface area contributed by atoms with Crippen molar-refractivity contribution in [2.24, 2.45) is 11.7 Å². The second-order valence-corrected chi connectivity index (χ2v) is 4.96. The summed E-state index contributed by atoms with van der Waals surface area (Å²) in [6, 6.07) is 8.25. The molecule has 0 atom stereocenters. The molecule has 0 aliphatic carbocycles. The van der Waals surface area contributed by atoms with E-state index in [1.807, 2.05) is 0 Å². The van der Waals surface area contributed by atoms with Crippen molar-refractivity contribution in [2.75, 3.05) is 19.8 Å². The number of ether oxygens (including phenoxy) is 1. The predicted molar refractivity (Wildman–Crippen MR) is 74.6 cm³/mol. The van der Waals surface area contributed by atoms with Gasteiger partial charge in [-0.1, -0.05) is 24.3 Å². The van der Waals surface area contributed by atoms with Crippen LogP contribution in [-0.4, -0.2) is 25.7 Å². The minimum Gasteiger partial charge on any atom is -0.381 e. The van der Waals surface area contributed by atoms with Gasteiger partial charge in [0.2, 0.25) is 5.91 Å². The van der Waals surface area contributed by atoms with Crippen molar-refractivity contribution in [3.63, 3.8) is 0 Å². The smallest absolute Gasteiger partial charge is 0.223 e. The highest BCUT2D eigenvalue weighted by Gasteiger charge is 2.20. The number of carbonyl (C=O) groups is 1. The Morgan fingerprint density at radius 3 is 2.47 bits per heavy atom. The Bertz CT molecular complexity index is 397. The van der Waals surface area contributed by atoms with Gasteiger partial charge in [0.05, 0.1) is 0 Å². The number of rotatable bonds is 5. The molecule has 1 aromatic rings. The Morgan fingerprint density at radius 2 is 1.84 bits per heavy atom. The van der Waals surface area contributed by atoms with Crippen LogP contribution in [0.4, 0.5) is 0 Å². The Labute approximate surface area is 114 Å². The summed E-state index contributed by atoms with van der Waals surface area (Å²) in [5.74, 6) is 0.264. The SMILES string of the molecule is NCCc1ccc(CNC(=O)C2CCOCC2)cc1. The zero-order chi connectivity index (χ0) is 13.5. The molecule has 0 spiro atoms. The molecular formula is C15H22N2O2. The number of hydrogen-bond acceptors (Lipinski definition) is 3. The zero-order valence-electron chi connectivity index (χ0n) is 11.2. The number of carbonyl (C=O) groups excluding carboxylic acids is 1. The van der Waals surface area contributed by atoms with Gasteiger partial charge in [-0.2, -0.15) is 0 Å². The second kappa shape index (κ2) is 7.26. The highest BCUT2D eigenvalue weighted by atomic mass is 16.5. The molecule has 3 N–H and O–H groups in total. The van der Waals surface area contributed by atoms with E-state index in [9.17, 15) is 4.79 Å². The topological polar surface area (TPSA) is 64.3 Å². The normalized spacial score (nSPS) is 16.3. The summed E-state index contributed by atoms with van der Waals surface area (Å²) in [4.78, 5) is 12.0. The second-order valence-electron chi connectivity index (χ2n) is 4.96. The summed E-state index contributed by atoms with van der Waals surface area (Å²) in [5.41, 5.74) is 7.88. The van der Waals surface area contributed by atoms with E-state index in [-0.39, 0.29) is 11.8 Å². The number of nitrogens with one attached hydrogen (secondary N) is 1. The van der Waals surface area contributed by atoms with Crippen molar-refractivity contribution in [1.82, 2.24) is 5.32 Å². The Balaban J connectivity index is 1.79. The van der Waals surface area contributed by atoms with Gasteiger partial charge in [0, 0.05) is 25.7 Å². The van der Waals surface area contributed by atoms with Crippen LogP contribution in [-0.2, 0) is 22.5 Å². The molecule has 104 valence electrons. The van der Waals surface area contributed by atoms with E-state index in [2.05, 4.69) is 29.6 Å². The maximum Gasteiger partial charge on any atom is 0.223 e. The Hall–Kier alpha value is -1.39. The average molecular weight is 262 g/mol. The third kappa shape index (κ3) is 4.33. The van der Waals surface area contributed by atoms with Crippen LogP contribution >= 0.6 is 0 Å². The molecule has 1 aromatic carbocycles. The first kappa shape index (κ1) is 14.0. The minimum atomic E-state index is 0.116. The molecule has 4 nitrogen and oxygen atoms in total. The molecule has 1 aliphatic heterocycles. The number of benzene rings is 1. The van der Waals surface area contributed by atoms with E-state index < -0.39 is 0 Å². The van der Waals surface area contributed by atoms with E-state index >= 15 is 0 Å². The number of hydrogen-bond donors (Lipinski definition) is 2. The van der Waals surface area contributed by atoms with E-state index in [0.717, 1.165) is 24.8 Å². The van der Waals surface area contributed by atoms with E-state index in [0.29, 0.717) is 26.3 Å². The molecule has 0 radical (unpaired) electrons. The van der Waals surface area contributed by atoms with Crippen LogP contribution in [0.5, 0.6) is 0 Å². The van der Waals surface area contributed by atoms with Gasteiger partial charge in [-0.15, -0.1) is 0 Å². The minimum absolute atomic E-state index is 0.116. The summed E-state index contributed by atoms with van der Waals surface area (Å²) < 4.78 is 5.26. The van der Waals surface area contributed by atoms with E-state index in [1.165, 1.54) is 5.56 Å². The van der Waals surface area contributed by atoms with Crippen molar-refractivity contribution in [1.29, 1.82) is 0 Å². The molecule has 1 amide bonds. The monoisotopic (exact) mass is 262 g/mol. The third-order valence-corrected chi connectivity index (χ3v) is 3.51. The van der Waals surface area contributed by atoms with Gasteiger partial charge < -0.3 is 15.8 Å². The lowest BCUT2D eigenvalue weighted by Crippen LogP contribution is -2.33. The number of nitrogens with two attached hydrogens (primary N) is 1. The highest BCUT2D eigenvalue weighted by molar-refractivity contribution is 5.78. The van der Waals surface area contributed by atoms with Gasteiger partial charge in [0.15, 0.2) is 0 Å². The van der Waals surface area contributed by atoms with Crippen molar-refractivity contribution < 1.29 is 9.53 Å². The maximum absolute atomic E-state index is 12.0. The van der Waals surface area contributed by atoms with Crippen LogP contribution in [0, 0.1) is 5.92 Å². The predicted octanol–water partition coefficient (Wildman–Crippen LogP) is 1.23. The molecule has 1 heterocycles. The molecule has 2 rings (SSSR count). The lowest BCUT2D eigenvalue weighted by atomic mass is 9.99. The fourth-order valence-corrected chi connectivity index (χ4v) is 2.28. The lowest BCUT2D eigenvalue weighted by Gasteiger charge is -2.21. The first-order valence-corrected chi connectivity index (χ1v) is 6.93. The highest BCUT2D eigenvalue weighted by Crippen LogP contribution is 2.14. The van der Waals surface area contributed by atoms with Crippen LogP contribution in [0.1, 0.15) is 24.0 Å². The quantitative estimate of drug-likeness (QED) is 0.839. The Kier molecular flexibility index (Phi) is 5.36. The average Bonchev–Trinajstić information content (AvgIpc) is 2.47. The van der Waals surface area contributed by atoms with Crippen molar-refractivity contribution in [3.05, 3.63) is 35.4 Å². The van der Waals surface area contributed by atoms with Crippen molar-refractivity contribution >= 4 is 5.91 Å². The van der Waals surface area contributed by atoms with Crippen LogP contribution in [0.3, 0.4) is 0 Å². The number of amides is 1. The van der Waals surface area contributed by atoms with Gasteiger partial charge in [0.25, 0.3) is 0 Å². The molecule has 4 heteroatoms. The molecule has 0 unspecified atom stereocenters. The van der Waals surface area contributed by atoms with Crippen LogP contribution in [0.25, 0.3) is 0 Å². The summed E-state index contributed by atoms with van der Waals surface area (Å²) in [7, 11) is 0. The summed E-state index contributed by atoms with van der Waals surface area (Å²) in [5, 5.41) is 3.00. The molecule has 0 saturated carbocycles. The summed E-state index contributed by atoms with van der Waals surface area (Å²) >= 11 is 0. The molecule has 1 fully saturated rings. The van der Waals surface area contributed by atoms with Gasteiger partial charge in [0.1, 0.15) is 0 Å². The fourth-order valence-electron chi connectivity index (χ4n) is 2.28. The maximum atomic E-state index is 12.0. The summed E-state index contributed by atoms with van der Waals surface area (Å²) in [6.07, 6.45) is 2.57. The first-order valence-electron chi connectivity index (χ1n) is 6.93. The van der Waals surface area contributed by atoms with Crippen LogP contribution in [0.2, 0.25) is 0 Å². The summed E-state index contributed by atoms with van der Waals surface area (Å²) in [6.45, 7) is 2.66. The standard InChI is InChI=1S/C15H22N2O2/c16-8-5-12-1-3-13(4-2-12)11-17-15(18)14-6-9-19-10-7-14/h1-4,14H,5-11,16H2,(H,17,18). The van der Waals surface area contributed by atoms with E-state index in [4.69, 9.17) is 10.5 Å². The van der Waals surface area contributed by atoms with Gasteiger partial charge >= 0.3 is 0 Å². The van der Waals surface area contributed by atoms with Crippen molar-refractivity contribution in [2.45, 2.75) is 25.8 Å². The fraction of sp³-hybridized carbons (Fsp3) is 0.533. The molecule has 0 aromatic heterocycles. The van der Waals surface area contributed by atoms with Crippen LogP contribution in [0.15, 0.2) is 24.3 Å². The van der Waals surface area contributed by atoms with Gasteiger partial charge in [-0.25, -0.2) is 0 Å². The third-order valence-electron chi connectivity index (χ3n) is 3.51. The lowest BCUT2D eigenvalue weighted by molar-refractivity contribution is -0.128. The molecule has 19 heavy (non-hydrogen) atoms. The molecule has 1 saturated heterocycles. The van der Waals surface area contributed by atoms with Gasteiger partial charge in [-0.05, 0) is 36.9 Å². The largest absolute Gasteiger partial charge is 0.381 e. The molecule has 0 bridgehead atoms. The molecular weight excluding hydrogens is 240 g/mol. The Morgan fingerprint density at radius 1 is 1.21 bits per heavy atom. The van der Waals surface area contributed by atoms with Crippen molar-refractivity contribution in [3.8, 4) is 0 Å². The first-order chi connectivity index (χ1) is 9.29.